The molecule has 0 radical (unpaired) electrons. The summed E-state index contributed by atoms with van der Waals surface area (Å²) in [5.74, 6) is -0.415. The standard InChI is InChI=1S/C12H10BrNO3/c1-2-17-12(16)5-8-3-4-11(13)9(6-14)10(8)7-15/h3-4,7H,2,5H2,1H3. The van der Waals surface area contributed by atoms with Crippen LogP contribution in [0.1, 0.15) is 28.4 Å². The molecule has 0 saturated carbocycles. The average Bonchev–Trinajstić information content (AvgIpc) is 2.31. The van der Waals surface area contributed by atoms with Gasteiger partial charge in [-0.25, -0.2) is 0 Å². The van der Waals surface area contributed by atoms with E-state index in [4.69, 9.17) is 10.00 Å². The van der Waals surface area contributed by atoms with Gasteiger partial charge in [-0.15, -0.1) is 0 Å². The van der Waals surface area contributed by atoms with Gasteiger partial charge in [0.15, 0.2) is 6.29 Å². The van der Waals surface area contributed by atoms with Crippen molar-refractivity contribution >= 4 is 28.2 Å². The molecular weight excluding hydrogens is 286 g/mol. The van der Waals surface area contributed by atoms with E-state index in [-0.39, 0.29) is 24.2 Å². The van der Waals surface area contributed by atoms with Crippen LogP contribution >= 0.6 is 15.9 Å². The normalized spacial score (nSPS) is 9.47. The second kappa shape index (κ2) is 6.16. The number of nitriles is 1. The minimum absolute atomic E-state index is 0.0100. The Kier molecular flexibility index (Phi) is 4.85. The lowest BCUT2D eigenvalue weighted by atomic mass is 10.0. The molecule has 0 heterocycles. The Balaban J connectivity index is 3.13. The zero-order valence-electron chi connectivity index (χ0n) is 9.20. The maximum atomic E-state index is 11.3. The molecular formula is C12H10BrNO3. The molecule has 5 heteroatoms. The number of halogens is 1. The van der Waals surface area contributed by atoms with Gasteiger partial charge in [-0.1, -0.05) is 6.07 Å². The fraction of sp³-hybridized carbons (Fsp3) is 0.250. The monoisotopic (exact) mass is 295 g/mol. The fourth-order valence-electron chi connectivity index (χ4n) is 1.41. The van der Waals surface area contributed by atoms with Crippen molar-refractivity contribution in [2.45, 2.75) is 13.3 Å². The number of ether oxygens (including phenoxy) is 1. The molecule has 0 aliphatic heterocycles. The number of esters is 1. The molecule has 0 aromatic heterocycles. The first-order valence-electron chi connectivity index (χ1n) is 4.96. The fourth-order valence-corrected chi connectivity index (χ4v) is 1.84. The summed E-state index contributed by atoms with van der Waals surface area (Å²) in [5.41, 5.74) is 0.968. The molecule has 1 aromatic carbocycles. The van der Waals surface area contributed by atoms with Gasteiger partial charge in [-0.2, -0.15) is 5.26 Å². The number of hydrogen-bond acceptors (Lipinski definition) is 4. The molecule has 0 N–H and O–H groups in total. The number of aldehydes is 1. The first-order valence-corrected chi connectivity index (χ1v) is 5.75. The van der Waals surface area contributed by atoms with Gasteiger partial charge in [0.05, 0.1) is 18.6 Å². The lowest BCUT2D eigenvalue weighted by Crippen LogP contribution is -2.10. The van der Waals surface area contributed by atoms with E-state index >= 15 is 0 Å². The molecule has 0 bridgehead atoms. The first-order chi connectivity index (χ1) is 8.13. The van der Waals surface area contributed by atoms with Crippen molar-refractivity contribution in [2.24, 2.45) is 0 Å². The van der Waals surface area contributed by atoms with Crippen LogP contribution in [0.15, 0.2) is 16.6 Å². The summed E-state index contributed by atoms with van der Waals surface area (Å²) in [6, 6.07) is 5.20. The molecule has 0 amide bonds. The Morgan fingerprint density at radius 3 is 2.82 bits per heavy atom. The van der Waals surface area contributed by atoms with E-state index in [1.165, 1.54) is 0 Å². The van der Waals surface area contributed by atoms with Crippen LogP contribution in [0.25, 0.3) is 0 Å². The van der Waals surface area contributed by atoms with E-state index in [1.54, 1.807) is 19.1 Å². The quantitative estimate of drug-likeness (QED) is 0.631. The van der Waals surface area contributed by atoms with Gasteiger partial charge in [-0.05, 0) is 34.5 Å². The zero-order chi connectivity index (χ0) is 12.8. The van der Waals surface area contributed by atoms with E-state index < -0.39 is 5.97 Å². The van der Waals surface area contributed by atoms with Crippen molar-refractivity contribution in [3.63, 3.8) is 0 Å². The highest BCUT2D eigenvalue weighted by Gasteiger charge is 2.14. The number of nitrogens with zero attached hydrogens (tertiary/aromatic N) is 1. The topological polar surface area (TPSA) is 67.2 Å². The van der Waals surface area contributed by atoms with Gasteiger partial charge in [0.25, 0.3) is 0 Å². The largest absolute Gasteiger partial charge is 0.466 e. The van der Waals surface area contributed by atoms with Crippen LogP contribution < -0.4 is 0 Å². The van der Waals surface area contributed by atoms with Crippen LogP contribution in [0, 0.1) is 11.3 Å². The maximum Gasteiger partial charge on any atom is 0.310 e. The van der Waals surface area contributed by atoms with Gasteiger partial charge >= 0.3 is 5.97 Å². The number of hydrogen-bond donors (Lipinski definition) is 0. The summed E-state index contributed by atoms with van der Waals surface area (Å²) in [6.45, 7) is 2.00. The van der Waals surface area contributed by atoms with Gasteiger partial charge in [0.1, 0.15) is 6.07 Å². The smallest absolute Gasteiger partial charge is 0.310 e. The average molecular weight is 296 g/mol. The first kappa shape index (κ1) is 13.4. The van der Waals surface area contributed by atoms with E-state index in [1.807, 2.05) is 6.07 Å². The van der Waals surface area contributed by atoms with Crippen LogP contribution in [0.5, 0.6) is 0 Å². The summed E-state index contributed by atoms with van der Waals surface area (Å²) in [5, 5.41) is 8.94. The van der Waals surface area contributed by atoms with Crippen LogP contribution in [0.3, 0.4) is 0 Å². The van der Waals surface area contributed by atoms with Gasteiger partial charge in [0, 0.05) is 10.0 Å². The predicted octanol–water partition coefficient (Wildman–Crippen LogP) is 2.24. The van der Waals surface area contributed by atoms with E-state index in [9.17, 15) is 9.59 Å². The molecule has 0 unspecified atom stereocenters. The summed E-state index contributed by atoms with van der Waals surface area (Å²) < 4.78 is 5.34. The Hall–Kier alpha value is -1.67. The van der Waals surface area contributed by atoms with E-state index in [0.29, 0.717) is 16.3 Å². The Labute approximate surface area is 107 Å². The number of carbonyl (C=O) groups is 2. The molecule has 0 fully saturated rings. The third kappa shape index (κ3) is 3.14. The number of rotatable bonds is 4. The zero-order valence-corrected chi connectivity index (χ0v) is 10.8. The van der Waals surface area contributed by atoms with Crippen molar-refractivity contribution < 1.29 is 14.3 Å². The molecule has 0 aliphatic carbocycles. The Bertz CT molecular complexity index is 491. The van der Waals surface area contributed by atoms with Crippen molar-refractivity contribution in [1.29, 1.82) is 5.26 Å². The van der Waals surface area contributed by atoms with E-state index in [2.05, 4.69) is 15.9 Å². The molecule has 0 saturated heterocycles. The third-order valence-electron chi connectivity index (χ3n) is 2.15. The lowest BCUT2D eigenvalue weighted by molar-refractivity contribution is -0.142. The molecule has 0 atom stereocenters. The predicted molar refractivity (Wildman–Crippen MR) is 64.6 cm³/mol. The van der Waals surface area contributed by atoms with Crippen LogP contribution in [0.2, 0.25) is 0 Å². The SMILES string of the molecule is CCOC(=O)Cc1ccc(Br)c(C#N)c1C=O. The lowest BCUT2D eigenvalue weighted by Gasteiger charge is -2.07. The summed E-state index contributed by atoms with van der Waals surface area (Å²) >= 11 is 3.18. The van der Waals surface area contributed by atoms with Crippen molar-refractivity contribution in [3.05, 3.63) is 33.3 Å². The van der Waals surface area contributed by atoms with Gasteiger partial charge in [-0.3, -0.25) is 9.59 Å². The molecule has 0 spiro atoms. The number of benzene rings is 1. The molecule has 88 valence electrons. The van der Waals surface area contributed by atoms with Crippen LogP contribution in [0.4, 0.5) is 0 Å². The highest BCUT2D eigenvalue weighted by Crippen LogP contribution is 2.22. The summed E-state index contributed by atoms with van der Waals surface area (Å²) in [4.78, 5) is 22.3. The van der Waals surface area contributed by atoms with Gasteiger partial charge in [0.2, 0.25) is 0 Å². The molecule has 1 aromatic rings. The second-order valence-corrected chi connectivity index (χ2v) is 4.06. The number of carbonyl (C=O) groups excluding carboxylic acids is 2. The highest BCUT2D eigenvalue weighted by atomic mass is 79.9. The van der Waals surface area contributed by atoms with Crippen LogP contribution in [-0.4, -0.2) is 18.9 Å². The summed E-state index contributed by atoms with van der Waals surface area (Å²) in [6.07, 6.45) is 0.571. The van der Waals surface area contributed by atoms with Crippen molar-refractivity contribution in [2.75, 3.05) is 6.61 Å². The molecule has 0 aliphatic rings. The van der Waals surface area contributed by atoms with E-state index in [0.717, 1.165) is 0 Å². The van der Waals surface area contributed by atoms with Crippen molar-refractivity contribution in [3.8, 4) is 6.07 Å². The summed E-state index contributed by atoms with van der Waals surface area (Å²) in [7, 11) is 0. The Morgan fingerprint density at radius 1 is 1.59 bits per heavy atom. The van der Waals surface area contributed by atoms with Crippen molar-refractivity contribution in [1.82, 2.24) is 0 Å². The molecule has 4 nitrogen and oxygen atoms in total. The highest BCUT2D eigenvalue weighted by molar-refractivity contribution is 9.10. The Morgan fingerprint density at radius 2 is 2.29 bits per heavy atom. The second-order valence-electron chi connectivity index (χ2n) is 3.21. The maximum absolute atomic E-state index is 11.3. The minimum Gasteiger partial charge on any atom is -0.466 e. The molecule has 17 heavy (non-hydrogen) atoms. The minimum atomic E-state index is -0.415. The van der Waals surface area contributed by atoms with Crippen LogP contribution in [-0.2, 0) is 16.0 Å². The third-order valence-corrected chi connectivity index (χ3v) is 2.82. The van der Waals surface area contributed by atoms with Gasteiger partial charge < -0.3 is 4.74 Å². The molecule has 1 rings (SSSR count).